The molecule has 1 amide bonds. The van der Waals surface area contributed by atoms with Crippen LogP contribution in [-0.2, 0) is 65.2 Å². The van der Waals surface area contributed by atoms with Gasteiger partial charge in [0, 0.05) is 30.7 Å². The van der Waals surface area contributed by atoms with E-state index in [4.69, 9.17) is 37.9 Å². The summed E-state index contributed by atoms with van der Waals surface area (Å²) in [6.07, 6.45) is -11.8. The largest absolute Gasteiger partial charge is 0.497 e. The predicted octanol–water partition coefficient (Wildman–Crippen LogP) is 6.77. The Morgan fingerprint density at radius 3 is 1.79 bits per heavy atom. The molecule has 1 heterocycles. The summed E-state index contributed by atoms with van der Waals surface area (Å²) in [6.45, 7) is 6.84. The fourth-order valence-electron chi connectivity index (χ4n) is 12.3. The highest BCUT2D eigenvalue weighted by Gasteiger charge is 2.78. The number of Topliss-reactive ketones (excluding diaryl/α,β-unsaturated/α-hetero) is 1. The number of aliphatic hydroxyl groups is 2. The molecule has 3 aliphatic carbocycles. The van der Waals surface area contributed by atoms with Crippen molar-refractivity contribution in [2.45, 2.75) is 114 Å². The maximum absolute atomic E-state index is 16.3. The molecule has 0 aromatic heterocycles. The number of amides is 1. The summed E-state index contributed by atoms with van der Waals surface area (Å²) in [4.78, 5) is 103. The fraction of sp³-hybridized carbons (Fsp3) is 0.381. The van der Waals surface area contributed by atoms with Gasteiger partial charge in [0.15, 0.2) is 17.5 Å². The SMILES string of the molecule is COc1ccc(CC(=O)OC(C(=O)O[C@H]2C[C@@]3(O)[C@@H](OC(=O)c4ccccc4)C4[C@](C)(C(=O)[C@H](OC(=O)Cc5ccc(OC)cc5)C(=C2C)C3(C)C)[C@@H](O)C[C@H]2OC[C@@]42OC(C)=O)C(NC(=O)c2ccccc2)c2ccccc2)cc1. The monoisotopic (exact) mass is 1110 g/mol. The van der Waals surface area contributed by atoms with Crippen LogP contribution in [0.2, 0.25) is 0 Å². The van der Waals surface area contributed by atoms with Crippen molar-refractivity contribution in [3.05, 3.63) is 178 Å². The topological polar surface area (TPSA) is 246 Å². The van der Waals surface area contributed by atoms with Crippen LogP contribution in [0, 0.1) is 16.7 Å². The molecule has 11 atom stereocenters. The Morgan fingerprint density at radius 1 is 0.716 bits per heavy atom. The lowest BCUT2D eigenvalue weighted by Crippen LogP contribution is -2.82. The summed E-state index contributed by atoms with van der Waals surface area (Å²) in [5, 5.41) is 29.6. The number of benzene rings is 5. The molecule has 5 aromatic carbocycles. The minimum Gasteiger partial charge on any atom is -0.497 e. The average molecular weight is 1110 g/mol. The molecule has 81 heavy (non-hydrogen) atoms. The second-order valence-corrected chi connectivity index (χ2v) is 21.7. The number of hydrogen-bond acceptors (Lipinski definition) is 17. The third kappa shape index (κ3) is 10.9. The number of carbonyl (C=O) groups excluding carboxylic acids is 7. The molecule has 1 saturated heterocycles. The van der Waals surface area contributed by atoms with Crippen LogP contribution in [0.4, 0.5) is 0 Å². The first-order valence-corrected chi connectivity index (χ1v) is 26.6. The Hall–Kier alpha value is -8.19. The number of ether oxygens (including phenoxy) is 8. The molecule has 0 spiro atoms. The molecule has 2 bridgehead atoms. The first kappa shape index (κ1) is 57.5. The van der Waals surface area contributed by atoms with Gasteiger partial charge < -0.3 is 53.4 Å². The van der Waals surface area contributed by atoms with Gasteiger partial charge in [0.05, 0.1) is 56.7 Å². The maximum Gasteiger partial charge on any atom is 0.350 e. The normalized spacial score (nSPS) is 26.9. The highest BCUT2D eigenvalue weighted by molar-refractivity contribution is 5.97. The van der Waals surface area contributed by atoms with Gasteiger partial charge in [-0.25, -0.2) is 9.59 Å². The van der Waals surface area contributed by atoms with E-state index in [0.29, 0.717) is 28.2 Å². The van der Waals surface area contributed by atoms with E-state index in [2.05, 4.69) is 5.32 Å². The van der Waals surface area contributed by atoms with E-state index in [1.807, 2.05) is 0 Å². The quantitative estimate of drug-likeness (QED) is 0.0494. The summed E-state index contributed by atoms with van der Waals surface area (Å²) < 4.78 is 48.5. The third-order valence-corrected chi connectivity index (χ3v) is 16.7. The van der Waals surface area contributed by atoms with E-state index in [-0.39, 0.29) is 48.1 Å². The molecule has 2 saturated carbocycles. The van der Waals surface area contributed by atoms with Crippen molar-refractivity contribution in [3.8, 4) is 11.5 Å². The van der Waals surface area contributed by atoms with Crippen LogP contribution < -0.4 is 14.8 Å². The summed E-state index contributed by atoms with van der Waals surface area (Å²) >= 11 is 0. The van der Waals surface area contributed by atoms with E-state index in [1.54, 1.807) is 141 Å². The van der Waals surface area contributed by atoms with Crippen LogP contribution >= 0.6 is 0 Å². The Kier molecular flexibility index (Phi) is 16.4. The molecule has 3 N–H and O–H groups in total. The summed E-state index contributed by atoms with van der Waals surface area (Å²) in [5.74, 6) is -6.96. The highest BCUT2D eigenvalue weighted by Crippen LogP contribution is 2.64. The van der Waals surface area contributed by atoms with Crippen molar-refractivity contribution in [3.63, 3.8) is 0 Å². The van der Waals surface area contributed by atoms with Crippen molar-refractivity contribution in [1.82, 2.24) is 5.32 Å². The van der Waals surface area contributed by atoms with E-state index in [9.17, 15) is 34.2 Å². The van der Waals surface area contributed by atoms with Gasteiger partial charge in [-0.3, -0.25) is 24.0 Å². The number of methoxy groups -OCH3 is 2. The predicted molar refractivity (Wildman–Crippen MR) is 289 cm³/mol. The van der Waals surface area contributed by atoms with Gasteiger partial charge in [-0.2, -0.15) is 0 Å². The van der Waals surface area contributed by atoms with E-state index >= 15 is 9.59 Å². The first-order valence-electron chi connectivity index (χ1n) is 26.6. The molecule has 0 radical (unpaired) electrons. The molecule has 18 nitrogen and oxygen atoms in total. The number of aliphatic hydroxyl groups excluding tert-OH is 1. The standard InChI is InChI=1S/C63H65NO17/c1-36-45(77-59(72)53(79-49(68)32-39-25-29-44(75-7)30-26-39)51(40-17-11-8-12-18-40)64-57(70)41-19-13-9-14-20-41)34-63(73)56(80-58(71)42-21-15-10-16-22-42)54-61(5,46(66)33-47-62(54,35-76-47)81-37(2)65)55(69)52(50(36)60(63,3)4)78-48(67)31-38-23-27-43(74-6)28-24-38/h8-30,45-47,51-54,56,66,73H,31-35H2,1-7H3,(H,64,70)/t45-,46-,47+,51?,52+,53?,54?,56-,61+,62-,63+/m0/s1. The van der Waals surface area contributed by atoms with E-state index in [1.165, 1.54) is 40.2 Å². The van der Waals surface area contributed by atoms with E-state index < -0.39 is 119 Å². The maximum atomic E-state index is 16.3. The zero-order valence-electron chi connectivity index (χ0n) is 46.0. The van der Waals surface area contributed by atoms with E-state index in [0.717, 1.165) is 6.92 Å². The molecule has 424 valence electrons. The van der Waals surface area contributed by atoms with Crippen LogP contribution in [0.15, 0.2) is 151 Å². The second-order valence-electron chi connectivity index (χ2n) is 21.7. The number of rotatable bonds is 17. The fourth-order valence-corrected chi connectivity index (χ4v) is 12.3. The molecule has 5 aromatic rings. The van der Waals surface area contributed by atoms with Crippen molar-refractivity contribution in [2.24, 2.45) is 16.7 Å². The Morgan fingerprint density at radius 2 is 1.26 bits per heavy atom. The first-order chi connectivity index (χ1) is 38.6. The molecule has 18 heteroatoms. The highest BCUT2D eigenvalue weighted by atomic mass is 16.6. The molecular weight excluding hydrogens is 1040 g/mol. The van der Waals surface area contributed by atoms with Crippen molar-refractivity contribution >= 4 is 41.5 Å². The van der Waals surface area contributed by atoms with Gasteiger partial charge in [0.2, 0.25) is 6.10 Å². The third-order valence-electron chi connectivity index (χ3n) is 16.7. The Balaban J connectivity index is 1.22. The average Bonchev–Trinajstić information content (AvgIpc) is 3.16. The zero-order chi connectivity index (χ0) is 58.0. The summed E-state index contributed by atoms with van der Waals surface area (Å²) in [6, 6.07) is 36.0. The smallest absolute Gasteiger partial charge is 0.350 e. The molecule has 3 fully saturated rings. The van der Waals surface area contributed by atoms with Crippen molar-refractivity contribution in [2.75, 3.05) is 20.8 Å². The van der Waals surface area contributed by atoms with Gasteiger partial charge in [0.25, 0.3) is 5.91 Å². The lowest BCUT2D eigenvalue weighted by atomic mass is 9.44. The Bertz CT molecular complexity index is 3200. The number of nitrogens with one attached hydrogen (secondary N) is 1. The molecular formula is C63H65NO17. The Labute approximate surface area is 468 Å². The molecule has 4 aliphatic rings. The number of hydrogen-bond donors (Lipinski definition) is 3. The lowest BCUT2D eigenvalue weighted by Gasteiger charge is -2.67. The van der Waals surface area contributed by atoms with Crippen LogP contribution in [0.5, 0.6) is 11.5 Å². The van der Waals surface area contributed by atoms with Crippen molar-refractivity contribution < 1.29 is 81.7 Å². The molecule has 9 rings (SSSR count). The minimum atomic E-state index is -2.52. The number of fused-ring (bicyclic) bond motifs is 5. The van der Waals surface area contributed by atoms with Gasteiger partial charge in [-0.15, -0.1) is 0 Å². The van der Waals surface area contributed by atoms with Crippen LogP contribution in [-0.4, -0.2) is 120 Å². The number of esters is 5. The molecule has 3 unspecified atom stereocenters. The van der Waals surface area contributed by atoms with Gasteiger partial charge in [-0.05, 0) is 90.2 Å². The van der Waals surface area contributed by atoms with Crippen LogP contribution in [0.1, 0.15) is 90.9 Å². The zero-order valence-corrected chi connectivity index (χ0v) is 46.0. The van der Waals surface area contributed by atoms with Gasteiger partial charge in [-0.1, -0.05) is 105 Å². The number of carbonyl (C=O) groups is 7. The van der Waals surface area contributed by atoms with Crippen LogP contribution in [0.25, 0.3) is 0 Å². The summed E-state index contributed by atoms with van der Waals surface area (Å²) in [5.41, 5.74) is -6.74. The second kappa shape index (κ2) is 23.1. The minimum absolute atomic E-state index is 0.0353. The van der Waals surface area contributed by atoms with Gasteiger partial charge in [0.1, 0.15) is 41.5 Å². The lowest BCUT2D eigenvalue weighted by molar-refractivity contribution is -0.346. The van der Waals surface area contributed by atoms with Gasteiger partial charge >= 0.3 is 29.8 Å². The van der Waals surface area contributed by atoms with Crippen molar-refractivity contribution in [1.29, 1.82) is 0 Å². The number of ketones is 1. The molecule has 1 aliphatic heterocycles. The van der Waals surface area contributed by atoms with Crippen LogP contribution in [0.3, 0.4) is 0 Å². The summed E-state index contributed by atoms with van der Waals surface area (Å²) in [7, 11) is 2.98.